The van der Waals surface area contributed by atoms with Gasteiger partial charge in [-0.1, -0.05) is 32.9 Å². The van der Waals surface area contributed by atoms with Crippen LogP contribution in [0.25, 0.3) is 0 Å². The van der Waals surface area contributed by atoms with E-state index >= 15 is 0 Å². The average Bonchev–Trinajstić information content (AvgIpc) is 2.27. The second kappa shape index (κ2) is 5.81. The zero-order valence-electron chi connectivity index (χ0n) is 12.5. The van der Waals surface area contributed by atoms with Gasteiger partial charge in [0, 0.05) is 6.42 Å². The minimum Gasteiger partial charge on any atom is -0.543 e. The van der Waals surface area contributed by atoms with Crippen LogP contribution in [0.3, 0.4) is 0 Å². The Bertz CT molecular complexity index is 466. The summed E-state index contributed by atoms with van der Waals surface area (Å²) in [6.45, 7) is 11.0. The van der Waals surface area contributed by atoms with Gasteiger partial charge >= 0.3 is 0 Å². The number of benzene rings is 1. The van der Waals surface area contributed by atoms with Gasteiger partial charge in [0.15, 0.2) is 0 Å². The molecule has 0 fully saturated rings. The van der Waals surface area contributed by atoms with Gasteiger partial charge in [-0.25, -0.2) is 0 Å². The van der Waals surface area contributed by atoms with Gasteiger partial charge in [-0.05, 0) is 35.8 Å². The second-order valence-corrected chi connectivity index (χ2v) is 11.1. The molecule has 1 aromatic carbocycles. The van der Waals surface area contributed by atoms with Crippen LogP contribution in [0.15, 0.2) is 24.3 Å². The molecule has 0 aliphatic rings. The number of hydrogen-bond acceptors (Lipinski definition) is 2. The van der Waals surface area contributed by atoms with Gasteiger partial charge in [-0.3, -0.25) is 0 Å². The van der Waals surface area contributed by atoms with Crippen LogP contribution >= 0.6 is 0 Å². The third kappa shape index (κ3) is 4.12. The van der Waals surface area contributed by atoms with Crippen molar-refractivity contribution in [1.82, 2.24) is 0 Å². The first-order chi connectivity index (χ1) is 8.67. The quantitative estimate of drug-likeness (QED) is 0.662. The van der Waals surface area contributed by atoms with Gasteiger partial charge in [-0.2, -0.15) is 0 Å². The Morgan fingerprint density at radius 3 is 2.53 bits per heavy atom. The Morgan fingerprint density at radius 2 is 2.00 bits per heavy atom. The maximum Gasteiger partial charge on any atom is 0.250 e. The molecule has 0 heterocycles. The highest BCUT2D eigenvalue weighted by Gasteiger charge is 2.38. The van der Waals surface area contributed by atoms with Crippen molar-refractivity contribution in [3.63, 3.8) is 0 Å². The van der Waals surface area contributed by atoms with E-state index in [9.17, 15) is 5.11 Å². The molecule has 0 radical (unpaired) electrons. The molecule has 3 heteroatoms. The molecule has 0 bridgehead atoms. The molecule has 0 aliphatic carbocycles. The van der Waals surface area contributed by atoms with E-state index in [1.165, 1.54) is 0 Å². The lowest BCUT2D eigenvalue weighted by atomic mass is 10.1. The summed E-state index contributed by atoms with van der Waals surface area (Å²) in [6.07, 6.45) is 4.93. The smallest absolute Gasteiger partial charge is 0.250 e. The van der Waals surface area contributed by atoms with Gasteiger partial charge in [0.25, 0.3) is 0 Å². The van der Waals surface area contributed by atoms with Gasteiger partial charge in [-0.15, -0.1) is 12.3 Å². The van der Waals surface area contributed by atoms with Crippen LogP contribution < -0.4 is 4.43 Å². The molecule has 0 saturated carbocycles. The maximum absolute atomic E-state index is 9.92. The first-order valence-corrected chi connectivity index (χ1v) is 9.49. The molecular weight excluding hydrogens is 252 g/mol. The van der Waals surface area contributed by atoms with E-state index in [0.29, 0.717) is 6.42 Å². The molecule has 1 atom stereocenters. The molecule has 0 amide bonds. The molecule has 1 rings (SSSR count). The van der Waals surface area contributed by atoms with E-state index in [4.69, 9.17) is 10.8 Å². The highest BCUT2D eigenvalue weighted by atomic mass is 28.4. The fourth-order valence-corrected chi connectivity index (χ4v) is 2.48. The molecule has 1 N–H and O–H groups in total. The fourth-order valence-electron chi connectivity index (χ4n) is 1.46. The number of hydrogen-bond donors (Lipinski definition) is 1. The largest absolute Gasteiger partial charge is 0.543 e. The van der Waals surface area contributed by atoms with Crippen molar-refractivity contribution in [1.29, 1.82) is 0 Å². The summed E-state index contributed by atoms with van der Waals surface area (Å²) in [5.41, 5.74) is 0.814. The third-order valence-corrected chi connectivity index (χ3v) is 8.09. The van der Waals surface area contributed by atoms with Crippen LogP contribution in [0.4, 0.5) is 0 Å². The van der Waals surface area contributed by atoms with E-state index in [1.54, 1.807) is 0 Å². The van der Waals surface area contributed by atoms with Crippen LogP contribution in [-0.2, 0) is 0 Å². The summed E-state index contributed by atoms with van der Waals surface area (Å²) in [6, 6.07) is 7.60. The summed E-state index contributed by atoms with van der Waals surface area (Å²) in [5.74, 6) is 3.30. The van der Waals surface area contributed by atoms with Gasteiger partial charge in [0.05, 0.1) is 6.10 Å². The van der Waals surface area contributed by atoms with Crippen LogP contribution in [0, 0.1) is 12.3 Å². The van der Waals surface area contributed by atoms with Gasteiger partial charge < -0.3 is 9.53 Å². The van der Waals surface area contributed by atoms with Crippen LogP contribution in [0.1, 0.15) is 38.9 Å². The molecule has 0 spiro atoms. The first-order valence-electron chi connectivity index (χ1n) is 6.58. The van der Waals surface area contributed by atoms with Crippen molar-refractivity contribution < 1.29 is 9.53 Å². The lowest BCUT2D eigenvalue weighted by Crippen LogP contribution is -2.43. The maximum atomic E-state index is 9.92. The van der Waals surface area contributed by atoms with Gasteiger partial charge in [0.1, 0.15) is 5.75 Å². The van der Waals surface area contributed by atoms with E-state index in [2.05, 4.69) is 39.8 Å². The van der Waals surface area contributed by atoms with Crippen molar-refractivity contribution in [2.24, 2.45) is 0 Å². The molecule has 0 aliphatic heterocycles. The fraction of sp³-hybridized carbons (Fsp3) is 0.500. The lowest BCUT2D eigenvalue weighted by molar-refractivity contribution is 0.184. The van der Waals surface area contributed by atoms with E-state index in [1.807, 2.05) is 24.3 Å². The normalized spacial score (nSPS) is 13.7. The third-order valence-electron chi connectivity index (χ3n) is 3.73. The standard InChI is InChI=1S/C16H24O2Si/c1-7-9-15(17)13-10-8-11-14(12-13)18-19(5,6)16(2,3)4/h1,8,10-12,15,17H,9H2,2-6H3. The molecule has 2 nitrogen and oxygen atoms in total. The van der Waals surface area contributed by atoms with Crippen LogP contribution in [0.2, 0.25) is 18.1 Å². The van der Waals surface area contributed by atoms with Crippen molar-refractivity contribution in [3.05, 3.63) is 29.8 Å². The Balaban J connectivity index is 2.93. The molecular formula is C16H24O2Si. The minimum absolute atomic E-state index is 0.153. The number of aliphatic hydroxyl groups excluding tert-OH is 1. The highest BCUT2D eigenvalue weighted by molar-refractivity contribution is 6.74. The van der Waals surface area contributed by atoms with Crippen molar-refractivity contribution in [3.8, 4) is 18.1 Å². The zero-order chi connectivity index (χ0) is 14.7. The number of rotatable bonds is 4. The summed E-state index contributed by atoms with van der Waals surface area (Å²) >= 11 is 0. The van der Waals surface area contributed by atoms with Crippen molar-refractivity contribution in [2.75, 3.05) is 0 Å². The average molecular weight is 276 g/mol. The monoisotopic (exact) mass is 276 g/mol. The second-order valence-electron chi connectivity index (χ2n) is 6.36. The Hall–Kier alpha value is -1.24. The van der Waals surface area contributed by atoms with E-state index in [-0.39, 0.29) is 5.04 Å². The lowest BCUT2D eigenvalue weighted by Gasteiger charge is -2.36. The van der Waals surface area contributed by atoms with E-state index < -0.39 is 14.4 Å². The van der Waals surface area contributed by atoms with Crippen LogP contribution in [-0.4, -0.2) is 13.4 Å². The summed E-state index contributed by atoms with van der Waals surface area (Å²) in [4.78, 5) is 0. The summed E-state index contributed by atoms with van der Waals surface area (Å²) in [5, 5.41) is 10.1. The first kappa shape index (κ1) is 15.8. The molecule has 1 unspecified atom stereocenters. The molecule has 19 heavy (non-hydrogen) atoms. The molecule has 0 aromatic heterocycles. The van der Waals surface area contributed by atoms with E-state index in [0.717, 1.165) is 11.3 Å². The van der Waals surface area contributed by atoms with Crippen molar-refractivity contribution >= 4 is 8.32 Å². The molecule has 104 valence electrons. The summed E-state index contributed by atoms with van der Waals surface area (Å²) in [7, 11) is -1.84. The minimum atomic E-state index is -1.84. The Kier molecular flexibility index (Phi) is 4.84. The van der Waals surface area contributed by atoms with Gasteiger partial charge in [0.2, 0.25) is 8.32 Å². The predicted molar refractivity (Wildman–Crippen MR) is 82.7 cm³/mol. The Morgan fingerprint density at radius 1 is 1.37 bits per heavy atom. The molecule has 0 saturated heterocycles. The topological polar surface area (TPSA) is 29.5 Å². The predicted octanol–water partition coefficient (Wildman–Crippen LogP) is 4.13. The van der Waals surface area contributed by atoms with Crippen LogP contribution in [0.5, 0.6) is 5.75 Å². The highest BCUT2D eigenvalue weighted by Crippen LogP contribution is 2.37. The number of terminal acetylenes is 1. The summed E-state index contributed by atoms with van der Waals surface area (Å²) < 4.78 is 6.21. The zero-order valence-corrected chi connectivity index (χ0v) is 13.5. The van der Waals surface area contributed by atoms with Crippen molar-refractivity contribution in [2.45, 2.75) is 51.4 Å². The SMILES string of the molecule is C#CCC(O)c1cccc(O[Si](C)(C)C(C)(C)C)c1. The molecule has 1 aromatic rings. The number of aliphatic hydroxyl groups is 1. The Labute approximate surface area is 117 Å².